The molecule has 3 aliphatic rings. The second kappa shape index (κ2) is 8.39. The fourth-order valence-electron chi connectivity index (χ4n) is 4.64. The van der Waals surface area contributed by atoms with Crippen LogP contribution in [0.15, 0.2) is 4.99 Å². The van der Waals surface area contributed by atoms with Crippen molar-refractivity contribution in [3.63, 3.8) is 0 Å². The minimum absolute atomic E-state index is 0.204. The normalized spacial score (nSPS) is 29.1. The quantitative estimate of drug-likeness (QED) is 0.608. The number of guanidine groups is 1. The fourth-order valence-corrected chi connectivity index (χ4v) is 4.64. The van der Waals surface area contributed by atoms with Crippen LogP contribution >= 0.6 is 0 Å². The van der Waals surface area contributed by atoms with E-state index in [4.69, 9.17) is 4.74 Å². The van der Waals surface area contributed by atoms with E-state index in [1.807, 2.05) is 11.9 Å². The van der Waals surface area contributed by atoms with Crippen molar-refractivity contribution >= 4 is 11.9 Å². The van der Waals surface area contributed by atoms with Gasteiger partial charge in [-0.2, -0.15) is 0 Å². The number of nitrogens with zero attached hydrogens (tertiary/aromatic N) is 3. The maximum Gasteiger partial charge on any atom is 0.219 e. The Bertz CT molecular complexity index is 474. The van der Waals surface area contributed by atoms with Crippen LogP contribution in [0.2, 0.25) is 0 Å². The zero-order valence-electron chi connectivity index (χ0n) is 15.9. The predicted octanol–water partition coefficient (Wildman–Crippen LogP) is 1.71. The van der Waals surface area contributed by atoms with Gasteiger partial charge in [0.25, 0.3) is 0 Å². The smallest absolute Gasteiger partial charge is 0.219 e. The Balaban J connectivity index is 1.48. The maximum absolute atomic E-state index is 11.4. The molecule has 0 aromatic heterocycles. The summed E-state index contributed by atoms with van der Waals surface area (Å²) in [4.78, 5) is 20.4. The van der Waals surface area contributed by atoms with Crippen molar-refractivity contribution in [2.24, 2.45) is 16.3 Å². The lowest BCUT2D eigenvalue weighted by Gasteiger charge is -2.46. The van der Waals surface area contributed by atoms with Crippen molar-refractivity contribution in [1.82, 2.24) is 15.1 Å². The molecule has 0 aliphatic carbocycles. The zero-order chi connectivity index (χ0) is 17.7. The first kappa shape index (κ1) is 18.5. The highest BCUT2D eigenvalue weighted by Crippen LogP contribution is 2.37. The van der Waals surface area contributed by atoms with Crippen molar-refractivity contribution in [2.75, 3.05) is 53.0 Å². The molecule has 1 amide bonds. The number of piperidine rings is 2. The summed E-state index contributed by atoms with van der Waals surface area (Å²) in [5.41, 5.74) is 0.334. The lowest BCUT2D eigenvalue weighted by molar-refractivity contribution is -0.130. The molecule has 0 aromatic carbocycles. The lowest BCUT2D eigenvalue weighted by atomic mass is 9.76. The van der Waals surface area contributed by atoms with Crippen LogP contribution in [0.3, 0.4) is 0 Å². The van der Waals surface area contributed by atoms with Crippen LogP contribution in [0, 0.1) is 11.3 Å². The third kappa shape index (κ3) is 4.66. The van der Waals surface area contributed by atoms with Gasteiger partial charge in [-0.05, 0) is 44.4 Å². The van der Waals surface area contributed by atoms with E-state index in [1.54, 1.807) is 6.92 Å². The highest BCUT2D eigenvalue weighted by Gasteiger charge is 2.38. The highest BCUT2D eigenvalue weighted by molar-refractivity contribution is 5.80. The summed E-state index contributed by atoms with van der Waals surface area (Å²) in [6.07, 6.45) is 7.15. The number of likely N-dealkylation sites (tertiary alicyclic amines) is 2. The van der Waals surface area contributed by atoms with E-state index in [0.717, 1.165) is 64.7 Å². The van der Waals surface area contributed by atoms with Gasteiger partial charge in [-0.15, -0.1) is 0 Å². The van der Waals surface area contributed by atoms with Gasteiger partial charge in [-0.3, -0.25) is 9.79 Å². The molecule has 3 heterocycles. The molecule has 0 bridgehead atoms. The number of carbonyl (C=O) groups is 1. The number of carbonyl (C=O) groups excluding carboxylic acids is 1. The molecule has 1 spiro atoms. The monoisotopic (exact) mass is 350 g/mol. The maximum atomic E-state index is 11.4. The molecule has 0 radical (unpaired) electrons. The first-order chi connectivity index (χ1) is 12.1. The third-order valence-corrected chi connectivity index (χ3v) is 6.19. The molecule has 0 saturated carbocycles. The number of aliphatic imine (C=N–C) groups is 1. The van der Waals surface area contributed by atoms with Gasteiger partial charge >= 0.3 is 0 Å². The van der Waals surface area contributed by atoms with Crippen molar-refractivity contribution < 1.29 is 9.53 Å². The number of ether oxygens (including phenoxy) is 1. The molecule has 3 fully saturated rings. The predicted molar refractivity (Wildman–Crippen MR) is 99.6 cm³/mol. The summed E-state index contributed by atoms with van der Waals surface area (Å²) in [7, 11) is 1.89. The van der Waals surface area contributed by atoms with Gasteiger partial charge in [0.05, 0.1) is 6.61 Å². The van der Waals surface area contributed by atoms with Crippen molar-refractivity contribution in [3.05, 3.63) is 0 Å². The van der Waals surface area contributed by atoms with E-state index < -0.39 is 0 Å². The van der Waals surface area contributed by atoms with E-state index in [1.165, 1.54) is 25.7 Å². The number of hydrogen-bond acceptors (Lipinski definition) is 3. The van der Waals surface area contributed by atoms with Gasteiger partial charge in [0.2, 0.25) is 5.91 Å². The Labute approximate surface area is 152 Å². The summed E-state index contributed by atoms with van der Waals surface area (Å²) in [6.45, 7) is 8.40. The van der Waals surface area contributed by atoms with E-state index in [0.29, 0.717) is 11.3 Å². The van der Waals surface area contributed by atoms with E-state index in [-0.39, 0.29) is 5.91 Å². The number of hydrogen-bond donors (Lipinski definition) is 1. The van der Waals surface area contributed by atoms with E-state index >= 15 is 0 Å². The Morgan fingerprint density at radius 1 is 1.20 bits per heavy atom. The standard InChI is InChI=1S/C19H34N4O2/c1-16(24)22-10-5-17(6-11-22)13-21-18(20-2)23-9-3-7-19(14-23)8-4-12-25-15-19/h17H,3-15H2,1-2H3,(H,20,21). The minimum Gasteiger partial charge on any atom is -0.381 e. The molecule has 3 saturated heterocycles. The van der Waals surface area contributed by atoms with Crippen LogP contribution in [0.4, 0.5) is 0 Å². The Hall–Kier alpha value is -1.30. The topological polar surface area (TPSA) is 57.2 Å². The van der Waals surface area contributed by atoms with Gasteiger partial charge in [-0.1, -0.05) is 0 Å². The van der Waals surface area contributed by atoms with E-state index in [2.05, 4.69) is 15.2 Å². The average Bonchev–Trinajstić information content (AvgIpc) is 2.63. The van der Waals surface area contributed by atoms with Crippen LogP contribution in [-0.4, -0.2) is 74.7 Å². The molecule has 6 heteroatoms. The molecule has 6 nitrogen and oxygen atoms in total. The molecule has 25 heavy (non-hydrogen) atoms. The summed E-state index contributed by atoms with van der Waals surface area (Å²) in [5.74, 6) is 1.87. The first-order valence-electron chi connectivity index (χ1n) is 9.91. The number of amides is 1. The average molecular weight is 351 g/mol. The lowest BCUT2D eigenvalue weighted by Crippen LogP contribution is -2.53. The van der Waals surface area contributed by atoms with Crippen molar-refractivity contribution in [1.29, 1.82) is 0 Å². The molecule has 0 aromatic rings. The largest absolute Gasteiger partial charge is 0.381 e. The summed E-state index contributed by atoms with van der Waals surface area (Å²) >= 11 is 0. The molecular weight excluding hydrogens is 316 g/mol. The Kier molecular flexibility index (Phi) is 6.20. The molecule has 1 atom stereocenters. The van der Waals surface area contributed by atoms with Gasteiger partial charge in [0.15, 0.2) is 5.96 Å². The molecule has 3 rings (SSSR count). The van der Waals surface area contributed by atoms with Gasteiger partial charge in [-0.25, -0.2) is 0 Å². The fraction of sp³-hybridized carbons (Fsp3) is 0.895. The van der Waals surface area contributed by atoms with Crippen LogP contribution in [0.5, 0.6) is 0 Å². The Morgan fingerprint density at radius 2 is 1.96 bits per heavy atom. The van der Waals surface area contributed by atoms with Crippen LogP contribution in [0.25, 0.3) is 0 Å². The second-order valence-corrected chi connectivity index (χ2v) is 8.06. The second-order valence-electron chi connectivity index (χ2n) is 8.06. The van der Waals surface area contributed by atoms with Crippen molar-refractivity contribution in [2.45, 2.75) is 45.4 Å². The van der Waals surface area contributed by atoms with E-state index in [9.17, 15) is 4.79 Å². The third-order valence-electron chi connectivity index (χ3n) is 6.19. The zero-order valence-corrected chi connectivity index (χ0v) is 15.9. The molecule has 3 aliphatic heterocycles. The van der Waals surface area contributed by atoms with Crippen molar-refractivity contribution in [3.8, 4) is 0 Å². The first-order valence-corrected chi connectivity index (χ1v) is 9.91. The summed E-state index contributed by atoms with van der Waals surface area (Å²) in [5, 5.41) is 3.61. The highest BCUT2D eigenvalue weighted by atomic mass is 16.5. The number of rotatable bonds is 2. The van der Waals surface area contributed by atoms with Crippen LogP contribution in [-0.2, 0) is 9.53 Å². The van der Waals surface area contributed by atoms with Gasteiger partial charge in [0, 0.05) is 58.7 Å². The summed E-state index contributed by atoms with van der Waals surface area (Å²) in [6, 6.07) is 0. The minimum atomic E-state index is 0.204. The SMILES string of the molecule is CN=C(NCC1CCN(C(C)=O)CC1)N1CCCC2(CCCOC2)C1. The van der Waals surface area contributed by atoms with Crippen LogP contribution < -0.4 is 5.32 Å². The Morgan fingerprint density at radius 3 is 2.60 bits per heavy atom. The van der Waals surface area contributed by atoms with Crippen LogP contribution in [0.1, 0.15) is 45.4 Å². The molecule has 1 unspecified atom stereocenters. The molecule has 1 N–H and O–H groups in total. The molecule has 142 valence electrons. The number of nitrogens with one attached hydrogen (secondary N) is 1. The molecular formula is C19H34N4O2. The van der Waals surface area contributed by atoms with Gasteiger partial charge in [0.1, 0.15) is 0 Å². The van der Waals surface area contributed by atoms with Gasteiger partial charge < -0.3 is 19.9 Å². The summed E-state index contributed by atoms with van der Waals surface area (Å²) < 4.78 is 5.79.